The lowest BCUT2D eigenvalue weighted by Gasteiger charge is -2.30. The van der Waals surface area contributed by atoms with Crippen LogP contribution in [0.4, 0.5) is 5.69 Å². The number of carbonyl (C=O) groups excluding carboxylic acids is 3. The maximum atomic E-state index is 13.4. The lowest BCUT2D eigenvalue weighted by molar-refractivity contribution is -0.143. The molecule has 3 aliphatic heterocycles. The van der Waals surface area contributed by atoms with Crippen molar-refractivity contribution in [3.63, 3.8) is 0 Å². The van der Waals surface area contributed by atoms with Gasteiger partial charge in [0.15, 0.2) is 0 Å². The van der Waals surface area contributed by atoms with Gasteiger partial charge < -0.3 is 10.1 Å². The van der Waals surface area contributed by atoms with Crippen molar-refractivity contribution in [3.8, 4) is 0 Å². The number of hydrogen-bond acceptors (Lipinski definition) is 5. The summed E-state index contributed by atoms with van der Waals surface area (Å²) >= 11 is 6.21. The lowest BCUT2D eigenvalue weighted by Crippen LogP contribution is -2.54. The normalized spacial score (nSPS) is 31.1. The molecule has 2 N–H and O–H groups in total. The number of benzene rings is 1. The summed E-state index contributed by atoms with van der Waals surface area (Å²) in [4.78, 5) is 41.1. The fourth-order valence-electron chi connectivity index (χ4n) is 4.93. The van der Waals surface area contributed by atoms with Crippen molar-refractivity contribution in [1.82, 2.24) is 10.2 Å². The third-order valence-electron chi connectivity index (χ3n) is 6.15. The Labute approximate surface area is 168 Å². The first kappa shape index (κ1) is 19.4. The molecule has 7 nitrogen and oxygen atoms in total. The number of amides is 3. The van der Waals surface area contributed by atoms with Gasteiger partial charge in [0.25, 0.3) is 0 Å². The summed E-state index contributed by atoms with van der Waals surface area (Å²) in [5.41, 5.74) is -0.00560. The smallest absolute Gasteiger partial charge is 0.250 e. The van der Waals surface area contributed by atoms with Crippen LogP contribution in [0, 0.1) is 17.8 Å². The lowest BCUT2D eigenvalue weighted by atomic mass is 9.76. The molecule has 3 amide bonds. The molecule has 150 valence electrons. The maximum Gasteiger partial charge on any atom is 0.250 e. The topological polar surface area (TPSA) is 87.7 Å². The molecule has 0 aliphatic carbocycles. The van der Waals surface area contributed by atoms with Crippen LogP contribution < -0.4 is 10.6 Å². The predicted molar refractivity (Wildman–Crippen MR) is 104 cm³/mol. The molecule has 0 unspecified atom stereocenters. The van der Waals surface area contributed by atoms with Crippen LogP contribution in [0.1, 0.15) is 25.8 Å². The number of likely N-dealkylation sites (tertiary alicyclic amines) is 1. The van der Waals surface area contributed by atoms with E-state index in [0.29, 0.717) is 35.8 Å². The molecule has 1 aromatic rings. The molecule has 3 heterocycles. The fraction of sp³-hybridized carbons (Fsp3) is 0.550. The number of anilines is 1. The highest BCUT2D eigenvalue weighted by Crippen LogP contribution is 2.54. The molecule has 0 bridgehead atoms. The number of methoxy groups -OCH3 is 1. The van der Waals surface area contributed by atoms with E-state index in [1.165, 1.54) is 4.90 Å². The number of rotatable bonds is 5. The highest BCUT2D eigenvalue weighted by Gasteiger charge is 2.70. The minimum atomic E-state index is -1.28. The number of ether oxygens (including phenoxy) is 1. The van der Waals surface area contributed by atoms with Crippen LogP contribution in [0.3, 0.4) is 0 Å². The first-order chi connectivity index (χ1) is 13.3. The van der Waals surface area contributed by atoms with Gasteiger partial charge in [-0.3, -0.25) is 24.6 Å². The Morgan fingerprint density at radius 3 is 2.68 bits per heavy atom. The van der Waals surface area contributed by atoms with Gasteiger partial charge >= 0.3 is 0 Å². The minimum absolute atomic E-state index is 0.0681. The van der Waals surface area contributed by atoms with E-state index in [2.05, 4.69) is 10.6 Å². The standard InChI is InChI=1S/C20H24ClN3O4/c1-10(2)16-14-15(18(26)24(17(14)25)7-4-8-28-3)20(23-16)12-9-11(21)5-6-13(12)22-19(20)27/h5-6,9-10,14-16,23H,4,7-8H2,1-3H3,(H,22,27)/t14-,15+,16-,20+/m0/s1. The molecule has 0 radical (unpaired) electrons. The average molecular weight is 406 g/mol. The first-order valence-corrected chi connectivity index (χ1v) is 9.94. The van der Waals surface area contributed by atoms with Crippen molar-refractivity contribution < 1.29 is 19.1 Å². The zero-order valence-corrected chi connectivity index (χ0v) is 16.9. The van der Waals surface area contributed by atoms with Crippen LogP contribution in [0.2, 0.25) is 5.02 Å². The number of hydrogen-bond donors (Lipinski definition) is 2. The summed E-state index contributed by atoms with van der Waals surface area (Å²) in [5, 5.41) is 6.74. The second-order valence-corrected chi connectivity index (χ2v) is 8.48. The minimum Gasteiger partial charge on any atom is -0.385 e. The molecule has 4 atom stereocenters. The van der Waals surface area contributed by atoms with Gasteiger partial charge in [0.1, 0.15) is 5.54 Å². The van der Waals surface area contributed by atoms with Crippen molar-refractivity contribution in [1.29, 1.82) is 0 Å². The summed E-state index contributed by atoms with van der Waals surface area (Å²) in [6, 6.07) is 4.86. The van der Waals surface area contributed by atoms with Gasteiger partial charge in [-0.1, -0.05) is 25.4 Å². The summed E-state index contributed by atoms with van der Waals surface area (Å²) in [6.07, 6.45) is 0.564. The Balaban J connectivity index is 1.81. The molecule has 4 rings (SSSR count). The first-order valence-electron chi connectivity index (χ1n) is 9.56. The monoisotopic (exact) mass is 405 g/mol. The molecule has 2 fully saturated rings. The quantitative estimate of drug-likeness (QED) is 0.575. The van der Waals surface area contributed by atoms with Gasteiger partial charge in [-0.05, 0) is 30.5 Å². The Hall–Kier alpha value is -1.96. The molecule has 0 aromatic heterocycles. The van der Waals surface area contributed by atoms with E-state index in [0.717, 1.165) is 0 Å². The van der Waals surface area contributed by atoms with Crippen LogP contribution in [0.15, 0.2) is 18.2 Å². The van der Waals surface area contributed by atoms with Crippen molar-refractivity contribution in [2.75, 3.05) is 25.6 Å². The van der Waals surface area contributed by atoms with Crippen LogP contribution in [-0.4, -0.2) is 48.9 Å². The number of fused-ring (bicyclic) bond motifs is 4. The highest BCUT2D eigenvalue weighted by molar-refractivity contribution is 6.31. The molecule has 28 heavy (non-hydrogen) atoms. The predicted octanol–water partition coefficient (Wildman–Crippen LogP) is 1.75. The highest BCUT2D eigenvalue weighted by atomic mass is 35.5. The summed E-state index contributed by atoms with van der Waals surface area (Å²) in [7, 11) is 1.58. The van der Waals surface area contributed by atoms with Crippen LogP contribution >= 0.6 is 11.6 Å². The zero-order valence-electron chi connectivity index (χ0n) is 16.1. The summed E-state index contributed by atoms with van der Waals surface area (Å²) in [5.74, 6) is -2.11. The maximum absolute atomic E-state index is 13.4. The molecule has 0 saturated carbocycles. The van der Waals surface area contributed by atoms with E-state index >= 15 is 0 Å². The molecule has 8 heteroatoms. The van der Waals surface area contributed by atoms with E-state index in [1.807, 2.05) is 13.8 Å². The molecular weight excluding hydrogens is 382 g/mol. The van der Waals surface area contributed by atoms with Crippen molar-refractivity contribution in [3.05, 3.63) is 28.8 Å². The second kappa shape index (κ2) is 6.83. The zero-order chi connectivity index (χ0) is 20.2. The SMILES string of the molecule is COCCCN1C(=O)[C@@H]2[C@H](C(C)C)N[C@@]3(C(=O)Nc4ccc(Cl)cc43)[C@H]2C1=O. The number of carbonyl (C=O) groups is 3. The fourth-order valence-corrected chi connectivity index (χ4v) is 5.10. The largest absolute Gasteiger partial charge is 0.385 e. The Kier molecular flexibility index (Phi) is 4.72. The number of nitrogens with one attached hydrogen (secondary N) is 2. The van der Waals surface area contributed by atoms with Crippen molar-refractivity contribution >= 4 is 35.0 Å². The van der Waals surface area contributed by atoms with Gasteiger partial charge in [0.05, 0.1) is 11.8 Å². The van der Waals surface area contributed by atoms with E-state index in [9.17, 15) is 14.4 Å². The van der Waals surface area contributed by atoms with Gasteiger partial charge in [-0.2, -0.15) is 0 Å². The second-order valence-electron chi connectivity index (χ2n) is 8.04. The molecule has 1 aromatic carbocycles. The molecular formula is C20H24ClN3O4. The average Bonchev–Trinajstić information content (AvgIpc) is 3.23. The third kappa shape index (κ3) is 2.53. The number of halogens is 1. The molecule has 2 saturated heterocycles. The van der Waals surface area contributed by atoms with Gasteiger partial charge in [-0.25, -0.2) is 0 Å². The van der Waals surface area contributed by atoms with Gasteiger partial charge in [0.2, 0.25) is 17.7 Å². The number of nitrogens with zero attached hydrogens (tertiary/aromatic N) is 1. The van der Waals surface area contributed by atoms with Crippen LogP contribution in [0.25, 0.3) is 0 Å². The van der Waals surface area contributed by atoms with Gasteiger partial charge in [-0.15, -0.1) is 0 Å². The van der Waals surface area contributed by atoms with E-state index < -0.39 is 17.4 Å². The van der Waals surface area contributed by atoms with Crippen LogP contribution in [0.5, 0.6) is 0 Å². The van der Waals surface area contributed by atoms with E-state index in [-0.39, 0.29) is 29.7 Å². The summed E-state index contributed by atoms with van der Waals surface area (Å²) in [6.45, 7) is 4.74. The molecule has 1 spiro atoms. The Morgan fingerprint density at radius 2 is 2.00 bits per heavy atom. The Bertz CT molecular complexity index is 858. The third-order valence-corrected chi connectivity index (χ3v) is 6.39. The van der Waals surface area contributed by atoms with Crippen molar-refractivity contribution in [2.24, 2.45) is 17.8 Å². The van der Waals surface area contributed by atoms with Crippen LogP contribution in [-0.2, 0) is 24.7 Å². The molecule has 3 aliphatic rings. The number of imide groups is 1. The van der Waals surface area contributed by atoms with Gasteiger partial charge in [0, 0.05) is 42.6 Å². The Morgan fingerprint density at radius 1 is 1.25 bits per heavy atom. The van der Waals surface area contributed by atoms with E-state index in [4.69, 9.17) is 16.3 Å². The summed E-state index contributed by atoms with van der Waals surface area (Å²) < 4.78 is 5.06. The van der Waals surface area contributed by atoms with E-state index in [1.54, 1.807) is 25.3 Å². The van der Waals surface area contributed by atoms with Crippen molar-refractivity contribution in [2.45, 2.75) is 31.8 Å².